The smallest absolute Gasteiger partial charge is 0.265 e. The van der Waals surface area contributed by atoms with Crippen molar-refractivity contribution in [1.82, 2.24) is 24.9 Å². The van der Waals surface area contributed by atoms with Crippen molar-refractivity contribution in [3.8, 4) is 11.4 Å². The van der Waals surface area contributed by atoms with Crippen molar-refractivity contribution >= 4 is 24.0 Å². The molecule has 154 valence electrons. The summed E-state index contributed by atoms with van der Waals surface area (Å²) >= 11 is 0. The van der Waals surface area contributed by atoms with E-state index in [-0.39, 0.29) is 23.3 Å². The van der Waals surface area contributed by atoms with Crippen molar-refractivity contribution in [2.45, 2.75) is 38.6 Å². The molecule has 0 radical (unpaired) electrons. The zero-order valence-electron chi connectivity index (χ0n) is 17.3. The average Bonchev–Trinajstić information content (AvgIpc) is 3.12. The molecule has 4 rings (SSSR count). The minimum absolute atomic E-state index is 0.108. The van der Waals surface area contributed by atoms with Gasteiger partial charge in [0.2, 0.25) is 5.95 Å². The minimum Gasteiger partial charge on any atom is -0.368 e. The van der Waals surface area contributed by atoms with Crippen LogP contribution in [-0.4, -0.2) is 25.4 Å². The molecule has 0 saturated carbocycles. The Balaban J connectivity index is 1.93. The van der Waals surface area contributed by atoms with Crippen LogP contribution in [-0.2, 0) is 5.54 Å². The fraction of sp³-hybridized carbons (Fsp3) is 0.273. The molecule has 0 fully saturated rings. The number of carbonyl (C=O) groups excluding carboxylic acids is 1. The standard InChI is InChI=1S/C22H25N7O/c1-22(2,3)29-18-9-8-13(14-11-25-21(23)26-12-14)10-17(18)27-19(29)15-6-4-5-7-16(15)20(30)28-24/h4-7,9-13H,8,24H2,1-3H3,(H,28,30)(H2,23,25,26). The van der Waals surface area contributed by atoms with E-state index in [9.17, 15) is 4.79 Å². The van der Waals surface area contributed by atoms with Gasteiger partial charge >= 0.3 is 0 Å². The SMILES string of the molecule is CC(C)(C)n1c(-c2ccccc2C(=O)NN)nc2c1=CCC(c1cnc(N)nc1)C=2. The van der Waals surface area contributed by atoms with E-state index in [1.54, 1.807) is 18.5 Å². The van der Waals surface area contributed by atoms with E-state index in [1.807, 2.05) is 18.2 Å². The highest BCUT2D eigenvalue weighted by Gasteiger charge is 2.25. The number of rotatable bonds is 3. The summed E-state index contributed by atoms with van der Waals surface area (Å²) in [6, 6.07) is 7.35. The van der Waals surface area contributed by atoms with E-state index in [0.29, 0.717) is 5.56 Å². The molecule has 3 aromatic rings. The van der Waals surface area contributed by atoms with Gasteiger partial charge in [0.05, 0.1) is 16.3 Å². The zero-order chi connectivity index (χ0) is 21.5. The van der Waals surface area contributed by atoms with Crippen LogP contribution in [0.3, 0.4) is 0 Å². The summed E-state index contributed by atoms with van der Waals surface area (Å²) in [5, 5.41) is 1.91. The Bertz CT molecular complexity index is 1220. The molecule has 8 heteroatoms. The molecule has 1 atom stereocenters. The van der Waals surface area contributed by atoms with Crippen LogP contribution in [0, 0.1) is 0 Å². The molecule has 2 aromatic heterocycles. The summed E-state index contributed by atoms with van der Waals surface area (Å²) in [4.78, 5) is 25.5. The van der Waals surface area contributed by atoms with Gasteiger partial charge in [0.25, 0.3) is 5.91 Å². The number of nitrogens with zero attached hydrogens (tertiary/aromatic N) is 4. The molecule has 1 amide bonds. The first-order valence-electron chi connectivity index (χ1n) is 9.78. The Morgan fingerprint density at radius 3 is 2.57 bits per heavy atom. The van der Waals surface area contributed by atoms with E-state index in [2.05, 4.69) is 52.9 Å². The Hall–Kier alpha value is -3.52. The maximum Gasteiger partial charge on any atom is 0.265 e. The molecule has 30 heavy (non-hydrogen) atoms. The number of benzene rings is 1. The minimum atomic E-state index is -0.350. The number of anilines is 1. The van der Waals surface area contributed by atoms with Crippen LogP contribution in [0.15, 0.2) is 36.7 Å². The molecule has 1 aliphatic carbocycles. The van der Waals surface area contributed by atoms with Crippen LogP contribution in [0.4, 0.5) is 5.95 Å². The number of hydrazine groups is 1. The number of aromatic nitrogens is 4. The number of nitrogen functional groups attached to an aromatic ring is 2. The molecule has 8 nitrogen and oxygen atoms in total. The van der Waals surface area contributed by atoms with Gasteiger partial charge < -0.3 is 10.3 Å². The van der Waals surface area contributed by atoms with Gasteiger partial charge in [-0.15, -0.1) is 0 Å². The molecule has 1 aliphatic rings. The van der Waals surface area contributed by atoms with Crippen LogP contribution < -0.4 is 27.7 Å². The first-order valence-corrected chi connectivity index (χ1v) is 9.78. The van der Waals surface area contributed by atoms with Crippen molar-refractivity contribution < 1.29 is 4.79 Å². The number of carbonyl (C=O) groups is 1. The molecule has 2 heterocycles. The highest BCUT2D eigenvalue weighted by Crippen LogP contribution is 2.27. The first kappa shape index (κ1) is 19.8. The lowest BCUT2D eigenvalue weighted by Crippen LogP contribution is -2.40. The van der Waals surface area contributed by atoms with Crippen LogP contribution in [0.5, 0.6) is 0 Å². The summed E-state index contributed by atoms with van der Waals surface area (Å²) < 4.78 is 2.18. The van der Waals surface area contributed by atoms with E-state index in [1.165, 1.54) is 0 Å². The van der Waals surface area contributed by atoms with Gasteiger partial charge in [-0.2, -0.15) is 0 Å². The highest BCUT2D eigenvalue weighted by atomic mass is 16.2. The van der Waals surface area contributed by atoms with Crippen LogP contribution in [0.25, 0.3) is 23.5 Å². The number of nitrogens with one attached hydrogen (secondary N) is 1. The fourth-order valence-electron chi connectivity index (χ4n) is 3.85. The molecule has 0 bridgehead atoms. The Kier molecular flexibility index (Phi) is 4.87. The average molecular weight is 403 g/mol. The number of amides is 1. The second kappa shape index (κ2) is 7.38. The summed E-state index contributed by atoms with van der Waals surface area (Å²) in [6.45, 7) is 6.37. The molecule has 0 aliphatic heterocycles. The Morgan fingerprint density at radius 2 is 1.90 bits per heavy atom. The third-order valence-corrected chi connectivity index (χ3v) is 5.20. The molecule has 0 spiro atoms. The summed E-state index contributed by atoms with van der Waals surface area (Å²) in [5.41, 5.74) is 9.81. The zero-order valence-corrected chi connectivity index (χ0v) is 17.3. The van der Waals surface area contributed by atoms with Gasteiger partial charge in [0.15, 0.2) is 0 Å². The Morgan fingerprint density at radius 1 is 1.20 bits per heavy atom. The second-order valence-electron chi connectivity index (χ2n) is 8.32. The van der Waals surface area contributed by atoms with Gasteiger partial charge in [-0.3, -0.25) is 10.2 Å². The fourth-order valence-corrected chi connectivity index (χ4v) is 3.85. The lowest BCUT2D eigenvalue weighted by atomic mass is 9.95. The number of hydrogen-bond donors (Lipinski definition) is 3. The topological polar surface area (TPSA) is 125 Å². The summed E-state index contributed by atoms with van der Waals surface area (Å²) in [5.74, 6) is 6.15. The van der Waals surface area contributed by atoms with Crippen molar-refractivity contribution in [1.29, 1.82) is 0 Å². The number of hydrogen-bond acceptors (Lipinski definition) is 6. The third kappa shape index (κ3) is 3.46. The molecule has 1 aromatic carbocycles. The van der Waals surface area contributed by atoms with Gasteiger partial charge in [0, 0.05) is 29.4 Å². The molecular formula is C22H25N7O. The van der Waals surface area contributed by atoms with Gasteiger partial charge in [-0.25, -0.2) is 20.8 Å². The second-order valence-corrected chi connectivity index (χ2v) is 8.32. The van der Waals surface area contributed by atoms with Crippen molar-refractivity contribution in [3.05, 3.63) is 58.5 Å². The summed E-state index contributed by atoms with van der Waals surface area (Å²) in [7, 11) is 0. The van der Waals surface area contributed by atoms with Gasteiger partial charge in [-0.1, -0.05) is 24.3 Å². The van der Waals surface area contributed by atoms with Crippen LogP contribution in [0.2, 0.25) is 0 Å². The lowest BCUT2D eigenvalue weighted by Gasteiger charge is -2.25. The van der Waals surface area contributed by atoms with Gasteiger partial charge in [-0.05, 0) is 44.9 Å². The van der Waals surface area contributed by atoms with E-state index < -0.39 is 0 Å². The van der Waals surface area contributed by atoms with E-state index >= 15 is 0 Å². The van der Waals surface area contributed by atoms with E-state index in [4.69, 9.17) is 16.6 Å². The quantitative estimate of drug-likeness (QED) is 0.341. The first-order chi connectivity index (χ1) is 14.3. The summed E-state index contributed by atoms with van der Waals surface area (Å²) in [6.07, 6.45) is 8.62. The maximum atomic E-state index is 12.4. The normalized spacial score (nSPS) is 15.7. The van der Waals surface area contributed by atoms with Crippen molar-refractivity contribution in [2.75, 3.05) is 5.73 Å². The predicted molar refractivity (Wildman–Crippen MR) is 116 cm³/mol. The number of nitrogens with two attached hydrogens (primary N) is 2. The van der Waals surface area contributed by atoms with E-state index in [0.717, 1.165) is 34.1 Å². The lowest BCUT2D eigenvalue weighted by molar-refractivity contribution is 0.0954. The third-order valence-electron chi connectivity index (χ3n) is 5.20. The molecule has 0 saturated heterocycles. The Labute approximate surface area is 174 Å². The molecule has 5 N–H and O–H groups in total. The molecular weight excluding hydrogens is 378 g/mol. The van der Waals surface area contributed by atoms with Crippen LogP contribution >= 0.6 is 0 Å². The number of fused-ring (bicyclic) bond motifs is 1. The van der Waals surface area contributed by atoms with Crippen molar-refractivity contribution in [2.24, 2.45) is 5.84 Å². The molecule has 1 unspecified atom stereocenters. The highest BCUT2D eigenvalue weighted by molar-refractivity contribution is 5.99. The van der Waals surface area contributed by atoms with Crippen LogP contribution in [0.1, 0.15) is 49.0 Å². The van der Waals surface area contributed by atoms with Crippen molar-refractivity contribution in [3.63, 3.8) is 0 Å². The number of imidazole rings is 1. The monoisotopic (exact) mass is 403 g/mol. The maximum absolute atomic E-state index is 12.4. The predicted octanol–water partition coefficient (Wildman–Crippen LogP) is 1.03. The largest absolute Gasteiger partial charge is 0.368 e. The van der Waals surface area contributed by atoms with Gasteiger partial charge in [0.1, 0.15) is 5.82 Å².